The van der Waals surface area contributed by atoms with E-state index in [9.17, 15) is 9.59 Å². The molecular formula is C19H17NO2S2. The Kier molecular flexibility index (Phi) is 5.23. The number of carbonyl (C=O) groups excluding carboxylic acids is 2. The van der Waals surface area contributed by atoms with Crippen molar-refractivity contribution in [2.24, 2.45) is 0 Å². The average molecular weight is 355 g/mol. The van der Waals surface area contributed by atoms with Crippen molar-refractivity contribution in [1.29, 1.82) is 0 Å². The molecule has 0 fully saturated rings. The molecule has 0 bridgehead atoms. The van der Waals surface area contributed by atoms with Crippen LogP contribution in [0.4, 0.5) is 0 Å². The molecule has 0 atom stereocenters. The van der Waals surface area contributed by atoms with Gasteiger partial charge in [-0.3, -0.25) is 9.59 Å². The Morgan fingerprint density at radius 3 is 2.25 bits per heavy atom. The maximum absolute atomic E-state index is 13.0. The lowest BCUT2D eigenvalue weighted by molar-refractivity contribution is 0.0750. The second-order valence-corrected chi connectivity index (χ2v) is 7.23. The third-order valence-corrected chi connectivity index (χ3v) is 5.47. The predicted octanol–water partition coefficient (Wildman–Crippen LogP) is 4.70. The molecule has 5 heteroatoms. The van der Waals surface area contributed by atoms with Crippen molar-refractivity contribution in [2.45, 2.75) is 13.5 Å². The lowest BCUT2D eigenvalue weighted by Crippen LogP contribution is -2.31. The van der Waals surface area contributed by atoms with Crippen molar-refractivity contribution in [3.63, 3.8) is 0 Å². The van der Waals surface area contributed by atoms with Crippen LogP contribution in [0.5, 0.6) is 0 Å². The summed E-state index contributed by atoms with van der Waals surface area (Å²) in [6.45, 7) is 3.11. The highest BCUT2D eigenvalue weighted by molar-refractivity contribution is 7.12. The van der Waals surface area contributed by atoms with Crippen LogP contribution in [0, 0.1) is 0 Å². The zero-order valence-electron chi connectivity index (χ0n) is 13.3. The number of hydrogen-bond acceptors (Lipinski definition) is 4. The molecule has 2 aromatic heterocycles. The van der Waals surface area contributed by atoms with Gasteiger partial charge >= 0.3 is 0 Å². The highest BCUT2D eigenvalue weighted by atomic mass is 32.1. The van der Waals surface area contributed by atoms with E-state index in [1.165, 1.54) is 11.3 Å². The van der Waals surface area contributed by atoms with Crippen LogP contribution >= 0.6 is 22.7 Å². The fraction of sp³-hybridized carbons (Fsp3) is 0.158. The van der Waals surface area contributed by atoms with Crippen LogP contribution in [-0.4, -0.2) is 23.1 Å². The number of nitrogens with zero attached hydrogens (tertiary/aromatic N) is 1. The molecule has 0 saturated heterocycles. The van der Waals surface area contributed by atoms with E-state index < -0.39 is 0 Å². The van der Waals surface area contributed by atoms with Gasteiger partial charge < -0.3 is 4.90 Å². The molecule has 0 N–H and O–H groups in total. The van der Waals surface area contributed by atoms with Gasteiger partial charge in [-0.1, -0.05) is 30.3 Å². The fourth-order valence-corrected chi connectivity index (χ4v) is 3.89. The first-order valence-electron chi connectivity index (χ1n) is 7.69. The van der Waals surface area contributed by atoms with E-state index in [0.29, 0.717) is 29.1 Å². The van der Waals surface area contributed by atoms with Gasteiger partial charge in [-0.15, -0.1) is 22.7 Å². The fourth-order valence-electron chi connectivity index (χ4n) is 2.50. The molecule has 0 saturated carbocycles. The van der Waals surface area contributed by atoms with Crippen LogP contribution in [0.2, 0.25) is 0 Å². The number of rotatable bonds is 6. The Morgan fingerprint density at radius 2 is 1.62 bits per heavy atom. The van der Waals surface area contributed by atoms with Gasteiger partial charge in [0.05, 0.1) is 17.0 Å². The largest absolute Gasteiger partial charge is 0.334 e. The molecule has 1 amide bonds. The minimum Gasteiger partial charge on any atom is -0.334 e. The summed E-state index contributed by atoms with van der Waals surface area (Å²) in [5, 5.41) is 3.87. The van der Waals surface area contributed by atoms with E-state index >= 15 is 0 Å². The highest BCUT2D eigenvalue weighted by Gasteiger charge is 2.22. The Balaban J connectivity index is 1.90. The zero-order chi connectivity index (χ0) is 16.9. The molecule has 3 rings (SSSR count). The van der Waals surface area contributed by atoms with Crippen LogP contribution in [0.1, 0.15) is 37.4 Å². The first kappa shape index (κ1) is 16.6. The van der Waals surface area contributed by atoms with Crippen LogP contribution < -0.4 is 0 Å². The molecule has 0 aliphatic carbocycles. The minimum atomic E-state index is -0.105. The van der Waals surface area contributed by atoms with Crippen molar-refractivity contribution in [3.05, 3.63) is 80.2 Å². The number of amides is 1. The first-order valence-corrected chi connectivity index (χ1v) is 9.45. The zero-order valence-corrected chi connectivity index (χ0v) is 14.9. The number of ketones is 1. The van der Waals surface area contributed by atoms with Gasteiger partial charge in [0.15, 0.2) is 0 Å². The Bertz CT molecular complexity index is 823. The van der Waals surface area contributed by atoms with E-state index in [1.807, 2.05) is 35.9 Å². The lowest BCUT2D eigenvalue weighted by atomic mass is 10.0. The van der Waals surface area contributed by atoms with Gasteiger partial charge in [-0.2, -0.15) is 0 Å². The Morgan fingerprint density at radius 1 is 0.917 bits per heavy atom. The third-order valence-electron chi connectivity index (χ3n) is 3.74. The van der Waals surface area contributed by atoms with E-state index in [2.05, 4.69) is 0 Å². The molecule has 0 aliphatic rings. The number of thiophene rings is 2. The molecule has 3 nitrogen and oxygen atoms in total. The maximum Gasteiger partial charge on any atom is 0.254 e. The van der Waals surface area contributed by atoms with Crippen molar-refractivity contribution >= 4 is 34.4 Å². The third kappa shape index (κ3) is 3.47. The summed E-state index contributed by atoms with van der Waals surface area (Å²) in [4.78, 5) is 29.2. The standard InChI is InChI=1S/C19H17NO2S2/c1-2-20(13-14-7-5-11-23-14)19(22)16-9-4-3-8-15(16)18(21)17-10-6-12-24-17/h3-12H,2,13H2,1H3. The molecule has 0 unspecified atom stereocenters. The van der Waals surface area contributed by atoms with Gasteiger partial charge in [0.1, 0.15) is 0 Å². The number of carbonyl (C=O) groups is 2. The normalized spacial score (nSPS) is 10.5. The topological polar surface area (TPSA) is 37.4 Å². The van der Waals surface area contributed by atoms with Crippen LogP contribution in [0.15, 0.2) is 59.3 Å². The van der Waals surface area contributed by atoms with Crippen LogP contribution in [0.3, 0.4) is 0 Å². The molecular weight excluding hydrogens is 338 g/mol. The molecule has 2 heterocycles. The van der Waals surface area contributed by atoms with E-state index in [0.717, 1.165) is 4.88 Å². The lowest BCUT2D eigenvalue weighted by Gasteiger charge is -2.21. The second-order valence-electron chi connectivity index (χ2n) is 5.25. The average Bonchev–Trinajstić information content (AvgIpc) is 3.32. The molecule has 3 aromatic rings. The molecule has 122 valence electrons. The summed E-state index contributed by atoms with van der Waals surface area (Å²) in [6.07, 6.45) is 0. The monoisotopic (exact) mass is 355 g/mol. The number of hydrogen-bond donors (Lipinski definition) is 0. The SMILES string of the molecule is CCN(Cc1cccs1)C(=O)c1ccccc1C(=O)c1cccs1. The van der Waals surface area contributed by atoms with Gasteiger partial charge in [0, 0.05) is 17.0 Å². The number of benzene rings is 1. The summed E-state index contributed by atoms with van der Waals surface area (Å²) >= 11 is 3.02. The van der Waals surface area contributed by atoms with Crippen molar-refractivity contribution in [1.82, 2.24) is 4.90 Å². The minimum absolute atomic E-state index is 0.0962. The van der Waals surface area contributed by atoms with Crippen molar-refractivity contribution < 1.29 is 9.59 Å². The molecule has 1 aromatic carbocycles. The summed E-state index contributed by atoms with van der Waals surface area (Å²) in [5.41, 5.74) is 0.934. The molecule has 0 aliphatic heterocycles. The van der Waals surface area contributed by atoms with Crippen molar-refractivity contribution in [3.8, 4) is 0 Å². The van der Waals surface area contributed by atoms with Crippen LogP contribution in [0.25, 0.3) is 0 Å². The molecule has 24 heavy (non-hydrogen) atoms. The predicted molar refractivity (Wildman–Crippen MR) is 98.9 cm³/mol. The maximum atomic E-state index is 13.0. The van der Waals surface area contributed by atoms with Gasteiger partial charge in [-0.25, -0.2) is 0 Å². The van der Waals surface area contributed by atoms with Crippen molar-refractivity contribution in [2.75, 3.05) is 6.54 Å². The quantitative estimate of drug-likeness (QED) is 0.601. The van der Waals surface area contributed by atoms with E-state index in [-0.39, 0.29) is 11.7 Å². The Hall–Kier alpha value is -2.24. The molecule has 0 spiro atoms. The van der Waals surface area contributed by atoms with Crippen LogP contribution in [-0.2, 0) is 6.54 Å². The first-order chi connectivity index (χ1) is 11.7. The summed E-state index contributed by atoms with van der Waals surface area (Å²) < 4.78 is 0. The summed E-state index contributed by atoms with van der Waals surface area (Å²) in [6, 6.07) is 14.7. The van der Waals surface area contributed by atoms with E-state index in [4.69, 9.17) is 0 Å². The van der Waals surface area contributed by atoms with Gasteiger partial charge in [0.25, 0.3) is 5.91 Å². The smallest absolute Gasteiger partial charge is 0.254 e. The highest BCUT2D eigenvalue weighted by Crippen LogP contribution is 2.21. The van der Waals surface area contributed by atoms with E-state index in [1.54, 1.807) is 46.6 Å². The summed E-state index contributed by atoms with van der Waals surface area (Å²) in [5.74, 6) is -0.201. The van der Waals surface area contributed by atoms with Gasteiger partial charge in [-0.05, 0) is 35.9 Å². The second kappa shape index (κ2) is 7.55. The Labute approximate surface area is 149 Å². The molecule has 0 radical (unpaired) electrons. The van der Waals surface area contributed by atoms with Gasteiger partial charge in [0.2, 0.25) is 5.78 Å². The summed E-state index contributed by atoms with van der Waals surface area (Å²) in [7, 11) is 0.